The van der Waals surface area contributed by atoms with Crippen molar-refractivity contribution in [3.63, 3.8) is 0 Å². The maximum atomic E-state index is 13.5. The summed E-state index contributed by atoms with van der Waals surface area (Å²) in [5.41, 5.74) is 1.35. The summed E-state index contributed by atoms with van der Waals surface area (Å²) < 4.78 is 13.5. The predicted molar refractivity (Wildman–Crippen MR) is 113 cm³/mol. The van der Waals surface area contributed by atoms with Crippen molar-refractivity contribution < 1.29 is 9.18 Å². The summed E-state index contributed by atoms with van der Waals surface area (Å²) >= 11 is 1.46. The van der Waals surface area contributed by atoms with Gasteiger partial charge in [-0.05, 0) is 67.8 Å². The number of aromatic nitrogens is 1. The van der Waals surface area contributed by atoms with Gasteiger partial charge in [0.15, 0.2) is 0 Å². The van der Waals surface area contributed by atoms with Crippen LogP contribution in [0.5, 0.6) is 0 Å². The van der Waals surface area contributed by atoms with Gasteiger partial charge >= 0.3 is 0 Å². The summed E-state index contributed by atoms with van der Waals surface area (Å²) in [5.74, 6) is 0.255. The topological polar surface area (TPSA) is 54.0 Å². The highest BCUT2D eigenvalue weighted by atomic mass is 35.5. The van der Waals surface area contributed by atoms with Crippen molar-refractivity contribution in [1.29, 1.82) is 0 Å². The lowest BCUT2D eigenvalue weighted by molar-refractivity contribution is 0.0889. The molecule has 1 aliphatic heterocycles. The smallest absolute Gasteiger partial charge is 0.254 e. The number of fused-ring (bicyclic) bond motifs is 2. The Kier molecular flexibility index (Phi) is 6.63. The molecule has 1 amide bonds. The van der Waals surface area contributed by atoms with Gasteiger partial charge < -0.3 is 10.6 Å². The molecule has 150 valence electrons. The molecule has 1 aliphatic carbocycles. The molecule has 2 N–H and O–H groups in total. The fourth-order valence-electron chi connectivity index (χ4n) is 4.60. The van der Waals surface area contributed by atoms with Gasteiger partial charge in [-0.25, -0.2) is 9.37 Å². The number of carbonyl (C=O) groups is 1. The number of thioether (sulfide) groups is 1. The lowest BCUT2D eigenvalue weighted by Gasteiger charge is -2.41. The quantitative estimate of drug-likeness (QED) is 0.704. The van der Waals surface area contributed by atoms with E-state index in [-0.39, 0.29) is 35.7 Å². The number of benzene rings is 1. The Morgan fingerprint density at radius 2 is 2.14 bits per heavy atom. The number of nitrogens with one attached hydrogen (secondary N) is 2. The highest BCUT2D eigenvalue weighted by Crippen LogP contribution is 2.45. The Balaban J connectivity index is 0.00000225. The van der Waals surface area contributed by atoms with Gasteiger partial charge in [0.25, 0.3) is 5.91 Å². The van der Waals surface area contributed by atoms with Crippen LogP contribution in [0.1, 0.15) is 47.6 Å². The highest BCUT2D eigenvalue weighted by Gasteiger charge is 2.48. The molecular weight excluding hydrogens is 397 g/mol. The second-order valence-corrected chi connectivity index (χ2v) is 8.31. The highest BCUT2D eigenvalue weighted by molar-refractivity contribution is 7.98. The van der Waals surface area contributed by atoms with Crippen molar-refractivity contribution in [3.05, 3.63) is 59.5 Å². The summed E-state index contributed by atoms with van der Waals surface area (Å²) in [4.78, 5) is 17.4. The van der Waals surface area contributed by atoms with Crippen LogP contribution in [0, 0.1) is 11.7 Å². The first kappa shape index (κ1) is 21.1. The number of nitrogens with zero attached hydrogens (tertiary/aromatic N) is 1. The Labute approximate surface area is 175 Å². The monoisotopic (exact) mass is 421 g/mol. The summed E-state index contributed by atoms with van der Waals surface area (Å²) in [6.45, 7) is 0.983. The largest absolute Gasteiger partial charge is 0.343 e. The zero-order chi connectivity index (χ0) is 18.9. The minimum atomic E-state index is -0.265. The average Bonchev–Trinajstić information content (AvgIpc) is 3.01. The predicted octanol–water partition coefficient (Wildman–Crippen LogP) is 4.37. The van der Waals surface area contributed by atoms with Crippen molar-refractivity contribution in [2.45, 2.75) is 42.3 Å². The number of hydrogen-bond donors (Lipinski definition) is 2. The van der Waals surface area contributed by atoms with Crippen molar-refractivity contribution in [2.75, 3.05) is 12.8 Å². The maximum absolute atomic E-state index is 13.5. The van der Waals surface area contributed by atoms with Crippen LogP contribution in [0.2, 0.25) is 0 Å². The van der Waals surface area contributed by atoms with E-state index in [1.807, 2.05) is 6.26 Å². The summed E-state index contributed by atoms with van der Waals surface area (Å²) in [5, 5.41) is 7.67. The third kappa shape index (κ3) is 4.04. The van der Waals surface area contributed by atoms with Crippen LogP contribution in [0.25, 0.3) is 0 Å². The Bertz CT molecular complexity index is 831. The normalized spacial score (nSPS) is 24.3. The molecule has 7 heteroatoms. The number of halogens is 2. The number of pyridine rings is 1. The van der Waals surface area contributed by atoms with Crippen LogP contribution in [-0.2, 0) is 0 Å². The van der Waals surface area contributed by atoms with Crippen LogP contribution >= 0.6 is 24.2 Å². The molecule has 4 rings (SSSR count). The zero-order valence-corrected chi connectivity index (χ0v) is 17.4. The van der Waals surface area contributed by atoms with Gasteiger partial charge in [-0.3, -0.25) is 4.79 Å². The first-order valence-electron chi connectivity index (χ1n) is 9.42. The van der Waals surface area contributed by atoms with Crippen LogP contribution < -0.4 is 10.6 Å². The SMILES string of the molecule is CSc1ncccc1C(=O)NC(c1ccc(F)cc1)[C@@]12CCC[C@@H](CN1)C2.Cl. The lowest BCUT2D eigenvalue weighted by atomic mass is 9.73. The Hall–Kier alpha value is -1.63. The van der Waals surface area contributed by atoms with Gasteiger partial charge in [0.05, 0.1) is 11.6 Å². The molecule has 0 radical (unpaired) electrons. The van der Waals surface area contributed by atoms with Gasteiger partial charge in [0, 0.05) is 11.7 Å². The van der Waals surface area contributed by atoms with E-state index in [1.54, 1.807) is 30.5 Å². The van der Waals surface area contributed by atoms with E-state index < -0.39 is 0 Å². The molecule has 1 unspecified atom stereocenters. The fraction of sp³-hybridized carbons (Fsp3) is 0.429. The molecule has 1 saturated carbocycles. The molecule has 2 fully saturated rings. The number of carbonyl (C=O) groups excluding carboxylic acids is 1. The van der Waals surface area contributed by atoms with Crippen molar-refractivity contribution in [1.82, 2.24) is 15.6 Å². The first-order valence-corrected chi connectivity index (χ1v) is 10.6. The lowest BCUT2D eigenvalue weighted by Crippen LogP contribution is -2.52. The van der Waals surface area contributed by atoms with Crippen LogP contribution in [0.4, 0.5) is 4.39 Å². The molecule has 1 saturated heterocycles. The molecule has 2 aliphatic rings. The molecule has 28 heavy (non-hydrogen) atoms. The molecule has 3 atom stereocenters. The molecule has 2 bridgehead atoms. The van der Waals surface area contributed by atoms with E-state index in [1.165, 1.54) is 30.3 Å². The third-order valence-electron chi connectivity index (χ3n) is 5.87. The molecule has 0 spiro atoms. The maximum Gasteiger partial charge on any atom is 0.254 e. The zero-order valence-electron chi connectivity index (χ0n) is 15.8. The Morgan fingerprint density at radius 3 is 2.89 bits per heavy atom. The number of amides is 1. The van der Waals surface area contributed by atoms with Gasteiger partial charge in [-0.1, -0.05) is 18.6 Å². The van der Waals surface area contributed by atoms with E-state index in [4.69, 9.17) is 0 Å². The minimum Gasteiger partial charge on any atom is -0.343 e. The van der Waals surface area contributed by atoms with E-state index in [9.17, 15) is 9.18 Å². The van der Waals surface area contributed by atoms with Crippen LogP contribution in [-0.4, -0.2) is 29.2 Å². The molecule has 2 aromatic rings. The number of rotatable bonds is 5. The average molecular weight is 422 g/mol. The Morgan fingerprint density at radius 1 is 1.36 bits per heavy atom. The second kappa shape index (κ2) is 8.80. The molecule has 1 aromatic heterocycles. The van der Waals surface area contributed by atoms with Crippen molar-refractivity contribution in [2.24, 2.45) is 5.92 Å². The molecule has 2 heterocycles. The van der Waals surface area contributed by atoms with E-state index >= 15 is 0 Å². The van der Waals surface area contributed by atoms with Crippen molar-refractivity contribution >= 4 is 30.1 Å². The van der Waals surface area contributed by atoms with Gasteiger partial charge in [0.1, 0.15) is 10.8 Å². The molecule has 4 nitrogen and oxygen atoms in total. The van der Waals surface area contributed by atoms with E-state index in [0.29, 0.717) is 16.5 Å². The fourth-order valence-corrected chi connectivity index (χ4v) is 5.15. The van der Waals surface area contributed by atoms with Gasteiger partial charge in [-0.15, -0.1) is 24.2 Å². The van der Waals surface area contributed by atoms with Crippen LogP contribution in [0.15, 0.2) is 47.6 Å². The minimum absolute atomic E-state index is 0. The third-order valence-corrected chi connectivity index (χ3v) is 6.58. The standard InChI is InChI=1S/C21H24FN3OS.ClH/c1-27-20-17(5-3-11-23-20)19(26)25-18(15-6-8-16(22)9-7-15)21-10-2-4-14(12-21)13-24-21;/h3,5-9,11,14,18,24H,2,4,10,12-13H2,1H3,(H,25,26);1H/t14-,18?,21+;/m1./s1. The first-order chi connectivity index (χ1) is 13.1. The molecular formula is C21H25ClFN3OS. The van der Waals surface area contributed by atoms with Crippen molar-refractivity contribution in [3.8, 4) is 0 Å². The van der Waals surface area contributed by atoms with E-state index in [2.05, 4.69) is 15.6 Å². The van der Waals surface area contributed by atoms with E-state index in [0.717, 1.165) is 31.4 Å². The summed E-state index contributed by atoms with van der Waals surface area (Å²) in [7, 11) is 0. The van der Waals surface area contributed by atoms with Crippen LogP contribution in [0.3, 0.4) is 0 Å². The summed E-state index contributed by atoms with van der Waals surface area (Å²) in [6, 6.07) is 9.90. The number of hydrogen-bond acceptors (Lipinski definition) is 4. The summed E-state index contributed by atoms with van der Waals surface area (Å²) in [6.07, 6.45) is 8.04. The molecule has 1 aromatic carbocycles. The van der Waals surface area contributed by atoms with Gasteiger partial charge in [0.2, 0.25) is 0 Å². The van der Waals surface area contributed by atoms with Gasteiger partial charge in [-0.2, -0.15) is 0 Å². The second-order valence-electron chi connectivity index (χ2n) is 7.52.